The van der Waals surface area contributed by atoms with Crippen molar-refractivity contribution >= 4 is 5.78 Å². The van der Waals surface area contributed by atoms with Crippen LogP contribution in [0, 0.1) is 28.6 Å². The van der Waals surface area contributed by atoms with Gasteiger partial charge in [-0.25, -0.2) is 0 Å². The van der Waals surface area contributed by atoms with Gasteiger partial charge in [-0.15, -0.1) is 0 Å². The minimum Gasteiger partial charge on any atom is -0.393 e. The maximum Gasteiger partial charge on any atom is 0.159 e. The third-order valence-corrected chi connectivity index (χ3v) is 7.79. The number of ketones is 1. The molecule has 3 fully saturated rings. The molecule has 0 radical (unpaired) electrons. The van der Waals surface area contributed by atoms with Gasteiger partial charge < -0.3 is 5.11 Å². The van der Waals surface area contributed by atoms with E-state index in [9.17, 15) is 9.90 Å². The Morgan fingerprint density at radius 2 is 1.95 bits per heavy atom. The number of carbonyl (C=O) groups is 1. The fraction of sp³-hybridized carbons (Fsp3) is 0.842. The van der Waals surface area contributed by atoms with Crippen molar-refractivity contribution in [3.63, 3.8) is 0 Å². The van der Waals surface area contributed by atoms with Crippen LogP contribution in [0.2, 0.25) is 0 Å². The van der Waals surface area contributed by atoms with Gasteiger partial charge in [-0.3, -0.25) is 4.79 Å². The molecule has 1 N–H and O–H groups in total. The van der Waals surface area contributed by atoms with E-state index in [1.165, 1.54) is 19.3 Å². The lowest BCUT2D eigenvalue weighted by molar-refractivity contribution is -0.130. The summed E-state index contributed by atoms with van der Waals surface area (Å²) in [5.41, 5.74) is 1.37. The Morgan fingerprint density at radius 3 is 2.76 bits per heavy atom. The molecule has 0 amide bonds. The van der Waals surface area contributed by atoms with Crippen LogP contribution in [-0.4, -0.2) is 17.0 Å². The van der Waals surface area contributed by atoms with Gasteiger partial charge in [0.2, 0.25) is 0 Å². The molecule has 0 spiro atoms. The average Bonchev–Trinajstić information content (AvgIpc) is 2.75. The molecule has 116 valence electrons. The van der Waals surface area contributed by atoms with E-state index in [2.05, 4.69) is 19.9 Å². The zero-order chi connectivity index (χ0) is 14.8. The molecule has 0 aliphatic heterocycles. The summed E-state index contributed by atoms with van der Waals surface area (Å²) in [5.74, 6) is 2.18. The average molecular weight is 288 g/mol. The van der Waals surface area contributed by atoms with Crippen LogP contribution in [0.15, 0.2) is 11.6 Å². The first-order valence-electron chi connectivity index (χ1n) is 8.89. The summed E-state index contributed by atoms with van der Waals surface area (Å²) in [5, 5.41) is 10.4. The Labute approximate surface area is 128 Å². The van der Waals surface area contributed by atoms with Gasteiger partial charge in [-0.2, -0.15) is 0 Å². The van der Waals surface area contributed by atoms with E-state index in [0.29, 0.717) is 23.5 Å². The predicted octanol–water partition coefficient (Wildman–Crippen LogP) is 3.88. The number of Topliss-reactive ketones (excluding diaryl/α,β-unsaturated/α-hetero) is 1. The number of carbonyl (C=O) groups excluding carboxylic acids is 1. The molecular weight excluding hydrogens is 260 g/mol. The minimum atomic E-state index is -0.144. The molecule has 3 saturated carbocycles. The van der Waals surface area contributed by atoms with Gasteiger partial charge >= 0.3 is 0 Å². The van der Waals surface area contributed by atoms with Crippen LogP contribution in [0.1, 0.15) is 65.2 Å². The van der Waals surface area contributed by atoms with E-state index >= 15 is 0 Å². The summed E-state index contributed by atoms with van der Waals surface area (Å²) >= 11 is 0. The molecule has 0 aromatic heterocycles. The molecule has 6 atom stereocenters. The van der Waals surface area contributed by atoms with Crippen molar-refractivity contribution in [1.29, 1.82) is 0 Å². The second kappa shape index (κ2) is 4.44. The summed E-state index contributed by atoms with van der Waals surface area (Å²) in [6, 6.07) is 0. The van der Waals surface area contributed by atoms with Gasteiger partial charge in [0.1, 0.15) is 0 Å². The highest BCUT2D eigenvalue weighted by Crippen LogP contribution is 2.64. The molecule has 0 bridgehead atoms. The number of rotatable bonds is 0. The number of aliphatic hydroxyl groups excluding tert-OH is 1. The first-order valence-corrected chi connectivity index (χ1v) is 8.89. The van der Waals surface area contributed by atoms with Crippen LogP contribution in [0.5, 0.6) is 0 Å². The second-order valence-corrected chi connectivity index (χ2v) is 8.57. The van der Waals surface area contributed by atoms with Crippen molar-refractivity contribution in [2.24, 2.45) is 28.6 Å². The van der Waals surface area contributed by atoms with Crippen molar-refractivity contribution in [3.8, 4) is 0 Å². The standard InChI is InChI=1S/C19H28O2/c1-18-9-4-3-5-15(18)16(20)11-12-13-6-7-17(21)19(13,2)10-8-14(12)18/h5,12-14,17,21H,3-4,6-11H2,1-2H3/t12-,13-,14-,17-,18+,19-/m0/s1. The van der Waals surface area contributed by atoms with E-state index < -0.39 is 0 Å². The zero-order valence-corrected chi connectivity index (χ0v) is 13.4. The summed E-state index contributed by atoms with van der Waals surface area (Å²) in [6.45, 7) is 4.64. The van der Waals surface area contributed by atoms with Gasteiger partial charge in [0.05, 0.1) is 6.10 Å². The van der Waals surface area contributed by atoms with E-state index in [4.69, 9.17) is 0 Å². The smallest absolute Gasteiger partial charge is 0.159 e. The number of fused-ring (bicyclic) bond motifs is 5. The van der Waals surface area contributed by atoms with Crippen LogP contribution < -0.4 is 0 Å². The zero-order valence-electron chi connectivity index (χ0n) is 13.4. The maximum atomic E-state index is 12.7. The molecule has 4 rings (SSSR count). The highest BCUT2D eigenvalue weighted by atomic mass is 16.3. The van der Waals surface area contributed by atoms with Crippen LogP contribution in [0.4, 0.5) is 0 Å². The molecule has 0 heterocycles. The van der Waals surface area contributed by atoms with Gasteiger partial charge in [-0.1, -0.05) is 19.9 Å². The van der Waals surface area contributed by atoms with Crippen LogP contribution in [0.25, 0.3) is 0 Å². The molecular formula is C19H28O2. The Kier molecular flexibility index (Phi) is 2.96. The lowest BCUT2D eigenvalue weighted by Crippen LogP contribution is -2.53. The highest BCUT2D eigenvalue weighted by molar-refractivity contribution is 5.98. The molecule has 21 heavy (non-hydrogen) atoms. The molecule has 0 aromatic rings. The molecule has 0 aromatic carbocycles. The van der Waals surface area contributed by atoms with Crippen LogP contribution in [-0.2, 0) is 4.79 Å². The molecule has 0 unspecified atom stereocenters. The lowest BCUT2D eigenvalue weighted by atomic mass is 9.47. The molecule has 2 heteroatoms. The Morgan fingerprint density at radius 1 is 1.14 bits per heavy atom. The van der Waals surface area contributed by atoms with Crippen molar-refractivity contribution in [3.05, 3.63) is 11.6 Å². The van der Waals surface area contributed by atoms with E-state index in [-0.39, 0.29) is 16.9 Å². The predicted molar refractivity (Wildman–Crippen MR) is 82.7 cm³/mol. The molecule has 0 saturated heterocycles. The first kappa shape index (κ1) is 14.0. The van der Waals surface area contributed by atoms with Gasteiger partial charge in [0, 0.05) is 6.42 Å². The maximum absolute atomic E-state index is 12.7. The van der Waals surface area contributed by atoms with Crippen molar-refractivity contribution in [1.82, 2.24) is 0 Å². The Hall–Kier alpha value is -0.630. The van der Waals surface area contributed by atoms with Crippen LogP contribution >= 0.6 is 0 Å². The SMILES string of the molecule is C[C@]12CC[C@H]3[C@@H](CC(=O)C4=CCCC[C@@]43C)[C@@H]1CC[C@@H]2O. The number of hydrogen-bond donors (Lipinski definition) is 1. The fourth-order valence-corrected chi connectivity index (χ4v) is 6.56. The topological polar surface area (TPSA) is 37.3 Å². The van der Waals surface area contributed by atoms with E-state index in [1.807, 2.05) is 0 Å². The Bertz CT molecular complexity index is 508. The summed E-state index contributed by atoms with van der Waals surface area (Å²) in [4.78, 5) is 12.7. The summed E-state index contributed by atoms with van der Waals surface area (Å²) in [6.07, 6.45) is 10.8. The monoisotopic (exact) mass is 288 g/mol. The number of allylic oxidation sites excluding steroid dienone is 2. The largest absolute Gasteiger partial charge is 0.393 e. The summed E-state index contributed by atoms with van der Waals surface area (Å²) in [7, 11) is 0. The van der Waals surface area contributed by atoms with E-state index in [0.717, 1.165) is 37.7 Å². The molecule has 4 aliphatic rings. The lowest BCUT2D eigenvalue weighted by Gasteiger charge is -2.57. The quantitative estimate of drug-likeness (QED) is 0.734. The van der Waals surface area contributed by atoms with Crippen LogP contribution in [0.3, 0.4) is 0 Å². The normalized spacial score (nSPS) is 52.7. The molecule has 2 nitrogen and oxygen atoms in total. The fourth-order valence-electron chi connectivity index (χ4n) is 6.56. The third-order valence-electron chi connectivity index (χ3n) is 7.79. The van der Waals surface area contributed by atoms with Gasteiger partial charge in [0.25, 0.3) is 0 Å². The number of hydrogen-bond acceptors (Lipinski definition) is 2. The minimum absolute atomic E-state index is 0.0771. The highest BCUT2D eigenvalue weighted by Gasteiger charge is 2.60. The van der Waals surface area contributed by atoms with Gasteiger partial charge in [0.15, 0.2) is 5.78 Å². The number of aliphatic hydroxyl groups is 1. The van der Waals surface area contributed by atoms with Crippen molar-refractivity contribution in [2.45, 2.75) is 71.3 Å². The third kappa shape index (κ3) is 1.72. The van der Waals surface area contributed by atoms with Gasteiger partial charge in [-0.05, 0) is 79.1 Å². The van der Waals surface area contributed by atoms with Crippen molar-refractivity contribution in [2.75, 3.05) is 0 Å². The van der Waals surface area contributed by atoms with Crippen molar-refractivity contribution < 1.29 is 9.90 Å². The summed E-state index contributed by atoms with van der Waals surface area (Å²) < 4.78 is 0. The second-order valence-electron chi connectivity index (χ2n) is 8.57. The van der Waals surface area contributed by atoms with E-state index in [1.54, 1.807) is 0 Å². The Balaban J connectivity index is 1.74. The first-order chi connectivity index (χ1) is 9.97. The molecule has 4 aliphatic carbocycles.